The molecule has 0 fully saturated rings. The summed E-state index contributed by atoms with van der Waals surface area (Å²) in [6, 6.07) is 4.01. The van der Waals surface area contributed by atoms with Gasteiger partial charge in [0.05, 0.1) is 11.9 Å². The predicted molar refractivity (Wildman–Crippen MR) is 100 cm³/mol. The van der Waals surface area contributed by atoms with Crippen molar-refractivity contribution >= 4 is 6.21 Å². The largest absolute Gasteiger partial charge is 0.872 e. The van der Waals surface area contributed by atoms with Crippen LogP contribution in [-0.2, 0) is 10.8 Å². The Hall–Kier alpha value is -2.29. The lowest BCUT2D eigenvalue weighted by molar-refractivity contribution is -0.270. The summed E-state index contributed by atoms with van der Waals surface area (Å²) in [5, 5.41) is 15.9. The highest BCUT2D eigenvalue weighted by molar-refractivity contribution is 5.85. The lowest BCUT2D eigenvalue weighted by atomic mass is 9.79. The SMILES string of the molecule is CC(C)(C)c1cc(C=N/C=C2/C=CC=CN2)c([O-])c(C(C)(C)C)c1. The Morgan fingerprint density at radius 3 is 2.25 bits per heavy atom. The van der Waals surface area contributed by atoms with Crippen molar-refractivity contribution in [3.05, 3.63) is 65.1 Å². The van der Waals surface area contributed by atoms with Crippen molar-refractivity contribution in [3.8, 4) is 5.75 Å². The van der Waals surface area contributed by atoms with E-state index in [0.717, 1.165) is 16.8 Å². The topological polar surface area (TPSA) is 47.5 Å². The van der Waals surface area contributed by atoms with Gasteiger partial charge in [-0.2, -0.15) is 0 Å². The third-order valence-electron chi connectivity index (χ3n) is 3.95. The maximum Gasteiger partial charge on any atom is 0.0565 e. The van der Waals surface area contributed by atoms with Gasteiger partial charge in [0.2, 0.25) is 0 Å². The highest BCUT2D eigenvalue weighted by atomic mass is 16.3. The summed E-state index contributed by atoms with van der Waals surface area (Å²) in [6.07, 6.45) is 11.0. The monoisotopic (exact) mass is 323 g/mol. The second-order valence-corrected chi connectivity index (χ2v) is 8.17. The highest BCUT2D eigenvalue weighted by Gasteiger charge is 2.21. The van der Waals surface area contributed by atoms with Crippen molar-refractivity contribution in [2.75, 3.05) is 0 Å². The fourth-order valence-electron chi connectivity index (χ4n) is 2.42. The molecule has 0 aromatic heterocycles. The van der Waals surface area contributed by atoms with E-state index >= 15 is 0 Å². The molecule has 3 nitrogen and oxygen atoms in total. The Balaban J connectivity index is 2.45. The van der Waals surface area contributed by atoms with Gasteiger partial charge < -0.3 is 10.4 Å². The maximum absolute atomic E-state index is 12.8. The Labute approximate surface area is 145 Å². The van der Waals surface area contributed by atoms with Crippen LogP contribution in [0.3, 0.4) is 0 Å². The van der Waals surface area contributed by atoms with E-state index in [0.29, 0.717) is 5.56 Å². The fraction of sp³-hybridized carbons (Fsp3) is 0.381. The van der Waals surface area contributed by atoms with Crippen LogP contribution < -0.4 is 10.4 Å². The van der Waals surface area contributed by atoms with E-state index in [4.69, 9.17) is 0 Å². The number of dihydropyridines is 1. The summed E-state index contributed by atoms with van der Waals surface area (Å²) < 4.78 is 0. The molecular weight excluding hydrogens is 296 g/mol. The number of hydrogen-bond acceptors (Lipinski definition) is 3. The molecule has 0 radical (unpaired) electrons. The molecule has 0 aliphatic carbocycles. The third kappa shape index (κ3) is 4.38. The van der Waals surface area contributed by atoms with Crippen LogP contribution in [0.15, 0.2) is 53.5 Å². The van der Waals surface area contributed by atoms with Gasteiger partial charge in [0, 0.05) is 12.4 Å². The van der Waals surface area contributed by atoms with Gasteiger partial charge in [-0.1, -0.05) is 65.5 Å². The van der Waals surface area contributed by atoms with E-state index in [2.05, 4.69) is 51.9 Å². The van der Waals surface area contributed by atoms with Crippen molar-refractivity contribution in [2.24, 2.45) is 4.99 Å². The summed E-state index contributed by atoms with van der Waals surface area (Å²) in [4.78, 5) is 4.34. The number of nitrogens with zero attached hydrogens (tertiary/aromatic N) is 1. The molecule has 1 aromatic carbocycles. The minimum atomic E-state index is -0.197. The van der Waals surface area contributed by atoms with Gasteiger partial charge in [-0.15, -0.1) is 0 Å². The van der Waals surface area contributed by atoms with Crippen LogP contribution in [0.2, 0.25) is 0 Å². The maximum atomic E-state index is 12.8. The number of aliphatic imine (C=N–C) groups is 1. The lowest BCUT2D eigenvalue weighted by Gasteiger charge is -2.31. The molecule has 0 amide bonds. The molecule has 1 aliphatic heterocycles. The summed E-state index contributed by atoms with van der Waals surface area (Å²) in [5.41, 5.74) is 3.30. The molecule has 0 saturated carbocycles. The van der Waals surface area contributed by atoms with Crippen LogP contribution in [0, 0.1) is 0 Å². The van der Waals surface area contributed by atoms with E-state index in [-0.39, 0.29) is 16.6 Å². The van der Waals surface area contributed by atoms with Crippen molar-refractivity contribution in [1.29, 1.82) is 0 Å². The molecule has 2 rings (SSSR count). The van der Waals surface area contributed by atoms with Crippen LogP contribution in [0.4, 0.5) is 0 Å². The van der Waals surface area contributed by atoms with Crippen LogP contribution in [0.5, 0.6) is 5.75 Å². The molecule has 1 aliphatic rings. The smallest absolute Gasteiger partial charge is 0.0565 e. The van der Waals surface area contributed by atoms with Crippen LogP contribution in [0.25, 0.3) is 0 Å². The molecule has 128 valence electrons. The van der Waals surface area contributed by atoms with Gasteiger partial charge in [-0.25, -0.2) is 0 Å². The molecule has 24 heavy (non-hydrogen) atoms. The third-order valence-corrected chi connectivity index (χ3v) is 3.95. The average Bonchev–Trinajstić information content (AvgIpc) is 2.47. The van der Waals surface area contributed by atoms with Gasteiger partial charge in [-0.3, -0.25) is 4.99 Å². The summed E-state index contributed by atoms with van der Waals surface area (Å²) in [6.45, 7) is 12.7. The van der Waals surface area contributed by atoms with Gasteiger partial charge in [0.25, 0.3) is 0 Å². The number of hydrogen-bond donors (Lipinski definition) is 1. The first kappa shape index (κ1) is 18.1. The number of benzene rings is 1. The lowest BCUT2D eigenvalue weighted by Crippen LogP contribution is -2.20. The molecule has 0 atom stereocenters. The molecule has 0 spiro atoms. The molecule has 0 unspecified atom stereocenters. The van der Waals surface area contributed by atoms with Gasteiger partial charge in [0.15, 0.2) is 0 Å². The van der Waals surface area contributed by atoms with Gasteiger partial charge in [-0.05, 0) is 39.7 Å². The van der Waals surface area contributed by atoms with Crippen molar-refractivity contribution < 1.29 is 5.11 Å². The Morgan fingerprint density at radius 1 is 1.00 bits per heavy atom. The van der Waals surface area contributed by atoms with Crippen molar-refractivity contribution in [2.45, 2.75) is 52.4 Å². The minimum Gasteiger partial charge on any atom is -0.872 e. The Bertz CT molecular complexity index is 723. The first-order chi connectivity index (χ1) is 11.1. The van der Waals surface area contributed by atoms with Crippen LogP contribution >= 0.6 is 0 Å². The number of rotatable bonds is 2. The van der Waals surface area contributed by atoms with Gasteiger partial charge in [0.1, 0.15) is 0 Å². The van der Waals surface area contributed by atoms with E-state index in [9.17, 15) is 5.11 Å². The predicted octanol–water partition coefficient (Wildman–Crippen LogP) is 4.29. The zero-order chi connectivity index (χ0) is 18.0. The second kappa shape index (κ2) is 6.68. The zero-order valence-electron chi connectivity index (χ0n) is 15.5. The molecule has 1 aromatic rings. The van der Waals surface area contributed by atoms with E-state index in [1.807, 2.05) is 36.6 Å². The molecule has 1 heterocycles. The first-order valence-electron chi connectivity index (χ1n) is 8.28. The van der Waals surface area contributed by atoms with Gasteiger partial charge >= 0.3 is 0 Å². The van der Waals surface area contributed by atoms with E-state index in [1.54, 1.807) is 12.4 Å². The summed E-state index contributed by atoms with van der Waals surface area (Å²) >= 11 is 0. The first-order valence-corrected chi connectivity index (χ1v) is 8.28. The van der Waals surface area contributed by atoms with Crippen molar-refractivity contribution in [1.82, 2.24) is 5.32 Å². The average molecular weight is 323 g/mol. The summed E-state index contributed by atoms with van der Waals surface area (Å²) in [7, 11) is 0. The van der Waals surface area contributed by atoms with Crippen LogP contribution in [-0.4, -0.2) is 6.21 Å². The quantitative estimate of drug-likeness (QED) is 0.825. The van der Waals surface area contributed by atoms with Crippen LogP contribution in [0.1, 0.15) is 58.2 Å². The molecule has 1 N–H and O–H groups in total. The van der Waals surface area contributed by atoms with E-state index < -0.39 is 0 Å². The molecule has 3 heteroatoms. The van der Waals surface area contributed by atoms with Crippen molar-refractivity contribution in [3.63, 3.8) is 0 Å². The second-order valence-electron chi connectivity index (χ2n) is 8.17. The van der Waals surface area contributed by atoms with E-state index in [1.165, 1.54) is 0 Å². The zero-order valence-corrected chi connectivity index (χ0v) is 15.5. The fourth-order valence-corrected chi connectivity index (χ4v) is 2.42. The summed E-state index contributed by atoms with van der Waals surface area (Å²) in [5.74, 6) is 0.0599. The number of nitrogens with one attached hydrogen (secondary N) is 1. The standard InChI is InChI=1S/C21H28N2O/c1-20(2,3)16-11-15(19(24)18(12-16)21(4,5)6)13-22-14-17-9-7-8-10-23-17/h7-14,23-24H,1-6H3/p-1/b17-14-,22-13?. The highest BCUT2D eigenvalue weighted by Crippen LogP contribution is 2.35. The minimum absolute atomic E-state index is 0.0206. The molecule has 0 bridgehead atoms. The molecule has 0 saturated heterocycles. The molecular formula is C21H27N2O-. The Morgan fingerprint density at radius 2 is 1.71 bits per heavy atom. The Kier molecular flexibility index (Phi) is 5.02. The normalized spacial score (nSPS) is 16.8. The number of allylic oxidation sites excluding steroid dienone is 3.